The number of methoxy groups -OCH3 is 1. The predicted octanol–water partition coefficient (Wildman–Crippen LogP) is 4.08. The van der Waals surface area contributed by atoms with Crippen molar-refractivity contribution in [2.45, 2.75) is 4.90 Å². The molecule has 4 aromatic rings. The average Bonchev–Trinajstić information content (AvgIpc) is 2.83. The summed E-state index contributed by atoms with van der Waals surface area (Å²) in [5.74, 6) is 0.119. The van der Waals surface area contributed by atoms with E-state index in [0.717, 1.165) is 4.31 Å². The molecule has 32 heavy (non-hydrogen) atoms. The first-order chi connectivity index (χ1) is 15.5. The van der Waals surface area contributed by atoms with Crippen LogP contribution in [0, 0.1) is 0 Å². The van der Waals surface area contributed by atoms with E-state index in [0.29, 0.717) is 27.9 Å². The van der Waals surface area contributed by atoms with Gasteiger partial charge in [0.1, 0.15) is 12.3 Å². The van der Waals surface area contributed by atoms with Crippen molar-refractivity contribution in [1.82, 2.24) is 4.98 Å². The molecular formula is C24H21N3O4S. The van der Waals surface area contributed by atoms with Crippen LogP contribution < -0.4 is 14.4 Å². The molecule has 4 rings (SSSR count). The number of carbonyl (C=O) groups is 1. The molecule has 162 valence electrons. The number of benzene rings is 3. The van der Waals surface area contributed by atoms with E-state index in [4.69, 9.17) is 4.74 Å². The van der Waals surface area contributed by atoms with E-state index in [1.54, 1.807) is 79.1 Å². The second kappa shape index (κ2) is 9.07. The number of amides is 1. The molecule has 1 aromatic heterocycles. The van der Waals surface area contributed by atoms with Crippen LogP contribution in [-0.2, 0) is 14.8 Å². The molecule has 3 aromatic carbocycles. The third-order valence-corrected chi connectivity index (χ3v) is 6.75. The molecule has 7 nitrogen and oxygen atoms in total. The summed E-state index contributed by atoms with van der Waals surface area (Å²) in [7, 11) is -2.55. The number of sulfonamides is 1. The molecule has 0 saturated carbocycles. The first kappa shape index (κ1) is 21.3. The molecule has 1 heterocycles. The number of anilines is 2. The number of ether oxygens (including phenoxy) is 1. The van der Waals surface area contributed by atoms with Gasteiger partial charge in [0.15, 0.2) is 0 Å². The summed E-state index contributed by atoms with van der Waals surface area (Å²) in [4.78, 5) is 17.0. The van der Waals surface area contributed by atoms with Gasteiger partial charge >= 0.3 is 0 Å². The van der Waals surface area contributed by atoms with Crippen LogP contribution in [0.1, 0.15) is 0 Å². The zero-order valence-electron chi connectivity index (χ0n) is 17.3. The number of carbonyl (C=O) groups excluding carboxylic acids is 1. The Hall–Kier alpha value is -3.91. The molecule has 0 fully saturated rings. The second-order valence-electron chi connectivity index (χ2n) is 6.98. The SMILES string of the molecule is COc1ccc(N(CC(=O)Nc2ccccc2)S(=O)(=O)c2cccc3cnccc23)cc1. The fourth-order valence-electron chi connectivity index (χ4n) is 3.35. The Kier molecular flexibility index (Phi) is 6.04. The molecule has 0 saturated heterocycles. The number of para-hydroxylation sites is 1. The summed E-state index contributed by atoms with van der Waals surface area (Å²) in [6, 6.07) is 22.0. The first-order valence-corrected chi connectivity index (χ1v) is 11.3. The predicted molar refractivity (Wildman–Crippen MR) is 124 cm³/mol. The zero-order valence-corrected chi connectivity index (χ0v) is 18.1. The molecule has 0 radical (unpaired) electrons. The fraction of sp³-hybridized carbons (Fsp3) is 0.0833. The maximum Gasteiger partial charge on any atom is 0.265 e. The molecule has 1 N–H and O–H groups in total. The molecule has 0 spiro atoms. The van der Waals surface area contributed by atoms with E-state index >= 15 is 0 Å². The lowest BCUT2D eigenvalue weighted by molar-refractivity contribution is -0.114. The van der Waals surface area contributed by atoms with E-state index in [-0.39, 0.29) is 4.90 Å². The summed E-state index contributed by atoms with van der Waals surface area (Å²) >= 11 is 0. The second-order valence-corrected chi connectivity index (χ2v) is 8.81. The molecule has 0 bridgehead atoms. The Labute approximate surface area is 186 Å². The zero-order chi connectivity index (χ0) is 22.6. The number of nitrogens with zero attached hydrogens (tertiary/aromatic N) is 2. The van der Waals surface area contributed by atoms with Gasteiger partial charge in [-0.05, 0) is 48.5 Å². The Morgan fingerprint density at radius 1 is 0.969 bits per heavy atom. The highest BCUT2D eigenvalue weighted by atomic mass is 32.2. The normalized spacial score (nSPS) is 11.2. The van der Waals surface area contributed by atoms with Crippen LogP contribution in [0.5, 0.6) is 5.75 Å². The number of pyridine rings is 1. The fourth-order valence-corrected chi connectivity index (χ4v) is 4.99. The molecule has 0 aliphatic heterocycles. The average molecular weight is 448 g/mol. The molecule has 1 amide bonds. The number of rotatable bonds is 7. The Bertz CT molecular complexity index is 1340. The smallest absolute Gasteiger partial charge is 0.265 e. The van der Waals surface area contributed by atoms with E-state index in [2.05, 4.69) is 10.3 Å². The van der Waals surface area contributed by atoms with Crippen LogP contribution in [0.4, 0.5) is 11.4 Å². The van der Waals surface area contributed by atoms with Gasteiger partial charge in [-0.1, -0.05) is 30.3 Å². The van der Waals surface area contributed by atoms with Crippen molar-refractivity contribution in [2.24, 2.45) is 0 Å². The van der Waals surface area contributed by atoms with Gasteiger partial charge in [-0.2, -0.15) is 0 Å². The maximum atomic E-state index is 13.8. The van der Waals surface area contributed by atoms with Crippen LogP contribution in [0.25, 0.3) is 10.8 Å². The monoisotopic (exact) mass is 447 g/mol. The highest BCUT2D eigenvalue weighted by molar-refractivity contribution is 7.93. The lowest BCUT2D eigenvalue weighted by atomic mass is 10.2. The highest BCUT2D eigenvalue weighted by Gasteiger charge is 2.29. The van der Waals surface area contributed by atoms with Crippen molar-refractivity contribution in [3.05, 3.63) is 91.3 Å². The largest absolute Gasteiger partial charge is 0.497 e. The van der Waals surface area contributed by atoms with Crippen molar-refractivity contribution >= 4 is 38.1 Å². The van der Waals surface area contributed by atoms with Gasteiger partial charge < -0.3 is 10.1 Å². The third kappa shape index (κ3) is 4.40. The summed E-state index contributed by atoms with van der Waals surface area (Å²) in [6.07, 6.45) is 3.15. The van der Waals surface area contributed by atoms with Crippen molar-refractivity contribution in [2.75, 3.05) is 23.3 Å². The highest BCUT2D eigenvalue weighted by Crippen LogP contribution is 2.30. The standard InChI is InChI=1S/C24H21N3O4S/c1-31-21-12-10-20(11-13-21)27(17-24(28)26-19-7-3-2-4-8-19)32(29,30)23-9-5-6-18-16-25-15-14-22(18)23/h2-16H,17H2,1H3,(H,26,28). The summed E-state index contributed by atoms with van der Waals surface area (Å²) in [6.45, 7) is -0.398. The van der Waals surface area contributed by atoms with E-state index in [1.165, 1.54) is 13.2 Å². The quantitative estimate of drug-likeness (QED) is 0.461. The van der Waals surface area contributed by atoms with E-state index < -0.39 is 22.5 Å². The van der Waals surface area contributed by atoms with Crippen molar-refractivity contribution in [3.63, 3.8) is 0 Å². The van der Waals surface area contributed by atoms with Gasteiger partial charge in [0.2, 0.25) is 5.91 Å². The maximum absolute atomic E-state index is 13.8. The minimum atomic E-state index is -4.08. The molecule has 0 aliphatic rings. The van der Waals surface area contributed by atoms with Gasteiger partial charge in [-0.3, -0.25) is 14.1 Å². The van der Waals surface area contributed by atoms with E-state index in [9.17, 15) is 13.2 Å². The Morgan fingerprint density at radius 2 is 1.72 bits per heavy atom. The molecule has 0 aliphatic carbocycles. The topological polar surface area (TPSA) is 88.6 Å². The van der Waals surface area contributed by atoms with Gasteiger partial charge in [0, 0.05) is 28.9 Å². The number of hydrogen-bond acceptors (Lipinski definition) is 5. The van der Waals surface area contributed by atoms with Crippen LogP contribution in [0.2, 0.25) is 0 Å². The van der Waals surface area contributed by atoms with Crippen molar-refractivity contribution in [1.29, 1.82) is 0 Å². The lowest BCUT2D eigenvalue weighted by Gasteiger charge is -2.25. The lowest BCUT2D eigenvalue weighted by Crippen LogP contribution is -2.38. The minimum Gasteiger partial charge on any atom is -0.497 e. The van der Waals surface area contributed by atoms with Gasteiger partial charge in [-0.25, -0.2) is 8.42 Å². The summed E-state index contributed by atoms with van der Waals surface area (Å²) in [5, 5.41) is 3.97. The Morgan fingerprint density at radius 3 is 2.44 bits per heavy atom. The third-order valence-electron chi connectivity index (χ3n) is 4.91. The minimum absolute atomic E-state index is 0.0979. The van der Waals surface area contributed by atoms with Gasteiger partial charge in [-0.15, -0.1) is 0 Å². The molecule has 8 heteroatoms. The van der Waals surface area contributed by atoms with Crippen molar-refractivity contribution < 1.29 is 17.9 Å². The summed E-state index contributed by atoms with van der Waals surface area (Å²) < 4.78 is 33.8. The number of hydrogen-bond donors (Lipinski definition) is 1. The van der Waals surface area contributed by atoms with Crippen LogP contribution in [0.15, 0.2) is 96.2 Å². The van der Waals surface area contributed by atoms with Crippen LogP contribution in [0.3, 0.4) is 0 Å². The Balaban J connectivity index is 1.76. The van der Waals surface area contributed by atoms with E-state index in [1.807, 2.05) is 6.07 Å². The molecule has 0 unspecified atom stereocenters. The van der Waals surface area contributed by atoms with Crippen molar-refractivity contribution in [3.8, 4) is 5.75 Å². The van der Waals surface area contributed by atoms with Gasteiger partial charge in [0.25, 0.3) is 10.0 Å². The van der Waals surface area contributed by atoms with Crippen LogP contribution >= 0.6 is 0 Å². The van der Waals surface area contributed by atoms with Gasteiger partial charge in [0.05, 0.1) is 17.7 Å². The number of nitrogens with one attached hydrogen (secondary N) is 1. The summed E-state index contributed by atoms with van der Waals surface area (Å²) in [5.41, 5.74) is 0.931. The first-order valence-electron chi connectivity index (χ1n) is 9.83. The number of aromatic nitrogens is 1. The van der Waals surface area contributed by atoms with Crippen LogP contribution in [-0.4, -0.2) is 33.0 Å². The number of fused-ring (bicyclic) bond motifs is 1. The molecular weight excluding hydrogens is 426 g/mol. The molecule has 0 atom stereocenters.